The zero-order valence-electron chi connectivity index (χ0n) is 10.4. The van der Waals surface area contributed by atoms with E-state index in [1.54, 1.807) is 0 Å². The Kier molecular flexibility index (Phi) is 4.16. The van der Waals surface area contributed by atoms with E-state index in [9.17, 15) is 0 Å². The summed E-state index contributed by atoms with van der Waals surface area (Å²) in [5, 5.41) is 8.87. The smallest absolute Gasteiger partial charge is 0.0629 e. The third-order valence-electron chi connectivity index (χ3n) is 3.52. The highest BCUT2D eigenvalue weighted by molar-refractivity contribution is 4.88. The van der Waals surface area contributed by atoms with Crippen LogP contribution in [-0.4, -0.2) is 12.2 Å². The highest BCUT2D eigenvalue weighted by atomic mass is 16.5. The van der Waals surface area contributed by atoms with Crippen LogP contribution >= 0.6 is 0 Å². The Labute approximate surface area is 93.6 Å². The Morgan fingerprint density at radius 3 is 2.60 bits per heavy atom. The summed E-state index contributed by atoms with van der Waals surface area (Å²) < 4.78 is 5.72. The molecular weight excluding hydrogens is 186 g/mol. The molecule has 1 rings (SSSR count). The van der Waals surface area contributed by atoms with E-state index >= 15 is 0 Å². The Hall–Kier alpha value is -0.550. The summed E-state index contributed by atoms with van der Waals surface area (Å²) in [7, 11) is 0. The Bertz CT molecular complexity index is 239. The maximum atomic E-state index is 8.87. The van der Waals surface area contributed by atoms with Gasteiger partial charge in [-0.3, -0.25) is 0 Å². The molecule has 1 saturated heterocycles. The van der Waals surface area contributed by atoms with Crippen molar-refractivity contribution in [2.75, 3.05) is 6.61 Å². The minimum Gasteiger partial charge on any atom is -0.376 e. The van der Waals surface area contributed by atoms with Gasteiger partial charge in [0.05, 0.1) is 11.7 Å². The fraction of sp³-hybridized carbons (Fsp3) is 0.923. The molecule has 15 heavy (non-hydrogen) atoms. The molecule has 2 nitrogen and oxygen atoms in total. The highest BCUT2D eigenvalue weighted by Gasteiger charge is 2.34. The fourth-order valence-electron chi connectivity index (χ4n) is 2.70. The average Bonchev–Trinajstić information content (AvgIpc) is 2.11. The molecule has 2 atom stereocenters. The molecule has 86 valence electrons. The molecule has 0 spiro atoms. The van der Waals surface area contributed by atoms with Gasteiger partial charge < -0.3 is 4.74 Å². The first kappa shape index (κ1) is 12.5. The lowest BCUT2D eigenvalue weighted by Gasteiger charge is -2.40. The Balaban J connectivity index is 2.64. The predicted octanol–water partition coefficient (Wildman–Crippen LogP) is 3.38. The molecular formula is C13H23NO. The van der Waals surface area contributed by atoms with Gasteiger partial charge in [0.1, 0.15) is 0 Å². The van der Waals surface area contributed by atoms with Crippen molar-refractivity contribution in [3.8, 4) is 6.07 Å². The first-order chi connectivity index (χ1) is 6.96. The van der Waals surface area contributed by atoms with Crippen LogP contribution in [0.1, 0.15) is 47.0 Å². The number of nitrogens with zero attached hydrogens (tertiary/aromatic N) is 1. The van der Waals surface area contributed by atoms with Gasteiger partial charge in [-0.25, -0.2) is 0 Å². The molecule has 2 heteroatoms. The van der Waals surface area contributed by atoms with Crippen molar-refractivity contribution in [3.05, 3.63) is 0 Å². The van der Waals surface area contributed by atoms with Gasteiger partial charge in [-0.1, -0.05) is 13.8 Å². The molecule has 0 aromatic heterocycles. The summed E-state index contributed by atoms with van der Waals surface area (Å²) >= 11 is 0. The fourth-order valence-corrected chi connectivity index (χ4v) is 2.70. The number of hydrogen-bond acceptors (Lipinski definition) is 2. The Morgan fingerprint density at radius 2 is 2.13 bits per heavy atom. The van der Waals surface area contributed by atoms with Gasteiger partial charge in [-0.2, -0.15) is 5.26 Å². The number of ether oxygens (including phenoxy) is 1. The number of nitriles is 1. The second-order valence-corrected chi connectivity index (χ2v) is 5.63. The van der Waals surface area contributed by atoms with Crippen LogP contribution in [0, 0.1) is 29.1 Å². The van der Waals surface area contributed by atoms with E-state index < -0.39 is 0 Å². The van der Waals surface area contributed by atoms with E-state index in [4.69, 9.17) is 10.00 Å². The number of hydrogen-bond donors (Lipinski definition) is 0. The van der Waals surface area contributed by atoms with Crippen molar-refractivity contribution in [1.29, 1.82) is 5.26 Å². The van der Waals surface area contributed by atoms with Crippen LogP contribution in [0.4, 0.5) is 0 Å². The van der Waals surface area contributed by atoms with Crippen molar-refractivity contribution in [2.24, 2.45) is 17.8 Å². The molecule has 0 aliphatic carbocycles. The molecule has 0 amide bonds. The molecule has 1 fully saturated rings. The zero-order valence-corrected chi connectivity index (χ0v) is 10.4. The summed E-state index contributed by atoms with van der Waals surface area (Å²) in [6.07, 6.45) is 2.91. The monoisotopic (exact) mass is 209 g/mol. The van der Waals surface area contributed by atoms with Gasteiger partial charge in [0.25, 0.3) is 0 Å². The molecule has 1 heterocycles. The largest absolute Gasteiger partial charge is 0.376 e. The molecule has 0 aromatic rings. The standard InChI is InChI=1S/C13H23NO/c1-10(2)12(5-7-14)11-6-8-15-13(3,4)9-11/h10-12H,5-6,8-9H2,1-4H3/t11-,12+/m0/s1. The van der Waals surface area contributed by atoms with E-state index in [2.05, 4.69) is 33.8 Å². The van der Waals surface area contributed by atoms with Crippen LogP contribution in [0.25, 0.3) is 0 Å². The number of rotatable bonds is 3. The van der Waals surface area contributed by atoms with E-state index in [0.717, 1.165) is 19.4 Å². The summed E-state index contributed by atoms with van der Waals surface area (Å²) in [6.45, 7) is 9.62. The summed E-state index contributed by atoms with van der Waals surface area (Å²) in [4.78, 5) is 0. The van der Waals surface area contributed by atoms with Gasteiger partial charge in [0.2, 0.25) is 0 Å². The first-order valence-corrected chi connectivity index (χ1v) is 5.97. The van der Waals surface area contributed by atoms with E-state index in [1.807, 2.05) is 0 Å². The van der Waals surface area contributed by atoms with Gasteiger partial charge >= 0.3 is 0 Å². The molecule has 1 aliphatic rings. The second kappa shape index (κ2) is 4.99. The van der Waals surface area contributed by atoms with Crippen molar-refractivity contribution in [3.63, 3.8) is 0 Å². The minimum absolute atomic E-state index is 0.00547. The van der Waals surface area contributed by atoms with Crippen molar-refractivity contribution in [1.82, 2.24) is 0 Å². The van der Waals surface area contributed by atoms with Gasteiger partial charge in [-0.05, 0) is 44.4 Å². The third kappa shape index (κ3) is 3.50. The second-order valence-electron chi connectivity index (χ2n) is 5.63. The molecule has 0 radical (unpaired) electrons. The summed E-state index contributed by atoms with van der Waals surface area (Å²) in [5.41, 5.74) is 0.00547. The lowest BCUT2D eigenvalue weighted by Crippen LogP contribution is -2.38. The van der Waals surface area contributed by atoms with Crippen LogP contribution in [0.3, 0.4) is 0 Å². The molecule has 0 aromatic carbocycles. The van der Waals surface area contributed by atoms with Crippen molar-refractivity contribution in [2.45, 2.75) is 52.6 Å². The van der Waals surface area contributed by atoms with Crippen LogP contribution in [0.15, 0.2) is 0 Å². The normalized spacial score (nSPS) is 27.3. The SMILES string of the molecule is CC(C)[C@@H](CC#N)[C@H]1CCOC(C)(C)C1. The van der Waals surface area contributed by atoms with Crippen molar-refractivity contribution < 1.29 is 4.74 Å². The highest BCUT2D eigenvalue weighted by Crippen LogP contribution is 2.37. The minimum atomic E-state index is 0.00547. The topological polar surface area (TPSA) is 33.0 Å². The van der Waals surface area contributed by atoms with Gasteiger partial charge in [-0.15, -0.1) is 0 Å². The first-order valence-electron chi connectivity index (χ1n) is 5.97. The van der Waals surface area contributed by atoms with E-state index in [0.29, 0.717) is 24.2 Å². The molecule has 1 aliphatic heterocycles. The lowest BCUT2D eigenvalue weighted by molar-refractivity contribution is -0.0857. The molecule has 0 N–H and O–H groups in total. The van der Waals surface area contributed by atoms with Gasteiger partial charge in [0.15, 0.2) is 0 Å². The predicted molar refractivity (Wildman–Crippen MR) is 61.3 cm³/mol. The third-order valence-corrected chi connectivity index (χ3v) is 3.52. The maximum absolute atomic E-state index is 8.87. The summed E-state index contributed by atoms with van der Waals surface area (Å²) in [6, 6.07) is 2.33. The zero-order chi connectivity index (χ0) is 11.5. The quantitative estimate of drug-likeness (QED) is 0.714. The van der Waals surface area contributed by atoms with Crippen molar-refractivity contribution >= 4 is 0 Å². The Morgan fingerprint density at radius 1 is 1.47 bits per heavy atom. The molecule has 0 saturated carbocycles. The molecule has 0 bridgehead atoms. The molecule has 0 unspecified atom stereocenters. The van der Waals surface area contributed by atoms with E-state index in [1.165, 1.54) is 0 Å². The van der Waals surface area contributed by atoms with Crippen LogP contribution in [0.2, 0.25) is 0 Å². The van der Waals surface area contributed by atoms with Crippen LogP contribution in [0.5, 0.6) is 0 Å². The van der Waals surface area contributed by atoms with E-state index in [-0.39, 0.29) is 5.60 Å². The van der Waals surface area contributed by atoms with Crippen LogP contribution in [-0.2, 0) is 4.74 Å². The average molecular weight is 209 g/mol. The van der Waals surface area contributed by atoms with Gasteiger partial charge in [0, 0.05) is 13.0 Å². The lowest BCUT2D eigenvalue weighted by atomic mass is 9.74. The van der Waals surface area contributed by atoms with Crippen LogP contribution < -0.4 is 0 Å². The summed E-state index contributed by atoms with van der Waals surface area (Å²) in [5.74, 6) is 1.80. The maximum Gasteiger partial charge on any atom is 0.0629 e.